The zero-order chi connectivity index (χ0) is 13.7. The Hall–Kier alpha value is -0.760. The summed E-state index contributed by atoms with van der Waals surface area (Å²) in [6.07, 6.45) is 13.3. The van der Waals surface area contributed by atoms with Gasteiger partial charge in [0, 0.05) is 18.4 Å². The molecular formula is C18H28N2. The van der Waals surface area contributed by atoms with Gasteiger partial charge in [-0.15, -0.1) is 0 Å². The van der Waals surface area contributed by atoms with Crippen molar-refractivity contribution in [2.45, 2.75) is 51.5 Å². The second-order valence-electron chi connectivity index (χ2n) is 7.75. The van der Waals surface area contributed by atoms with E-state index in [9.17, 15) is 0 Å². The van der Waals surface area contributed by atoms with E-state index in [0.717, 1.165) is 42.6 Å². The number of hydrogen-bond donors (Lipinski definition) is 1. The molecule has 5 rings (SSSR count). The van der Waals surface area contributed by atoms with Crippen LogP contribution in [-0.2, 0) is 6.42 Å². The molecule has 1 aromatic rings. The molecule has 4 bridgehead atoms. The number of rotatable bonds is 4. The lowest BCUT2D eigenvalue weighted by molar-refractivity contribution is -0.0553. The average molecular weight is 272 g/mol. The van der Waals surface area contributed by atoms with Gasteiger partial charge in [0.2, 0.25) is 0 Å². The summed E-state index contributed by atoms with van der Waals surface area (Å²) in [5.74, 6) is 5.13. The number of nitrogens with two attached hydrogens (primary N) is 1. The van der Waals surface area contributed by atoms with Crippen LogP contribution in [-0.4, -0.2) is 11.1 Å². The molecule has 0 aliphatic heterocycles. The minimum absolute atomic E-state index is 0.677. The van der Waals surface area contributed by atoms with Crippen LogP contribution < -0.4 is 5.73 Å². The molecule has 20 heavy (non-hydrogen) atoms. The van der Waals surface area contributed by atoms with Gasteiger partial charge >= 0.3 is 0 Å². The minimum Gasteiger partial charge on any atom is -0.351 e. The summed E-state index contributed by atoms with van der Waals surface area (Å²) < 4.78 is 2.48. The highest BCUT2D eigenvalue weighted by Gasteiger charge is 2.49. The fourth-order valence-corrected chi connectivity index (χ4v) is 5.98. The van der Waals surface area contributed by atoms with Crippen LogP contribution in [0.15, 0.2) is 18.5 Å². The summed E-state index contributed by atoms with van der Waals surface area (Å²) in [4.78, 5) is 0. The Kier molecular flexibility index (Phi) is 3.17. The van der Waals surface area contributed by atoms with Crippen LogP contribution in [0.4, 0.5) is 0 Å². The van der Waals surface area contributed by atoms with Crippen molar-refractivity contribution >= 4 is 0 Å². The Morgan fingerprint density at radius 3 is 2.40 bits per heavy atom. The molecule has 4 aliphatic carbocycles. The molecule has 2 N–H and O–H groups in total. The van der Waals surface area contributed by atoms with E-state index in [4.69, 9.17) is 5.73 Å². The summed E-state index contributed by atoms with van der Waals surface area (Å²) in [6.45, 7) is 3.22. The summed E-state index contributed by atoms with van der Waals surface area (Å²) in [5.41, 5.74) is 7.08. The second kappa shape index (κ2) is 4.91. The highest BCUT2D eigenvalue weighted by Crippen LogP contribution is 2.59. The summed E-state index contributed by atoms with van der Waals surface area (Å²) >= 11 is 0. The summed E-state index contributed by atoms with van der Waals surface area (Å²) in [5, 5.41) is 0. The van der Waals surface area contributed by atoms with E-state index in [-0.39, 0.29) is 0 Å². The maximum absolute atomic E-state index is 5.67. The Labute approximate surface area is 122 Å². The Balaban J connectivity index is 1.54. The topological polar surface area (TPSA) is 30.9 Å². The van der Waals surface area contributed by atoms with Gasteiger partial charge in [0.25, 0.3) is 0 Å². The molecule has 2 nitrogen and oxygen atoms in total. The SMILES string of the molecule is CC(C1C2CC3CC(C2)CC1C3)n1ccc(CCN)c1. The normalized spacial score (nSPS) is 40.2. The van der Waals surface area contributed by atoms with Crippen LogP contribution >= 0.6 is 0 Å². The molecule has 0 aromatic carbocycles. The van der Waals surface area contributed by atoms with Crippen molar-refractivity contribution in [3.8, 4) is 0 Å². The zero-order valence-corrected chi connectivity index (χ0v) is 12.7. The molecule has 0 amide bonds. The van der Waals surface area contributed by atoms with Crippen LogP contribution in [0.5, 0.6) is 0 Å². The molecule has 4 fully saturated rings. The molecule has 1 unspecified atom stereocenters. The Morgan fingerprint density at radius 1 is 1.15 bits per heavy atom. The fraction of sp³-hybridized carbons (Fsp3) is 0.778. The monoisotopic (exact) mass is 272 g/mol. The van der Waals surface area contributed by atoms with Gasteiger partial charge < -0.3 is 10.3 Å². The van der Waals surface area contributed by atoms with Gasteiger partial charge in [-0.2, -0.15) is 0 Å². The van der Waals surface area contributed by atoms with Crippen LogP contribution in [0.1, 0.15) is 50.6 Å². The molecule has 0 saturated heterocycles. The number of nitrogens with zero attached hydrogens (tertiary/aromatic N) is 1. The first-order valence-electron chi connectivity index (χ1n) is 8.61. The summed E-state index contributed by atoms with van der Waals surface area (Å²) in [6, 6.07) is 2.94. The molecule has 110 valence electrons. The van der Waals surface area contributed by atoms with Gasteiger partial charge in [-0.05, 0) is 93.2 Å². The first-order chi connectivity index (χ1) is 9.74. The lowest BCUT2D eigenvalue weighted by Gasteiger charge is -2.56. The highest BCUT2D eigenvalue weighted by molar-refractivity contribution is 5.12. The molecule has 2 heteroatoms. The zero-order valence-electron chi connectivity index (χ0n) is 12.7. The molecular weight excluding hydrogens is 244 g/mol. The molecule has 4 saturated carbocycles. The first kappa shape index (κ1) is 12.9. The van der Waals surface area contributed by atoms with E-state index in [0.29, 0.717) is 6.04 Å². The van der Waals surface area contributed by atoms with Crippen molar-refractivity contribution in [1.82, 2.24) is 4.57 Å². The molecule has 1 heterocycles. The molecule has 0 spiro atoms. The van der Waals surface area contributed by atoms with E-state index in [1.807, 2.05) is 0 Å². The fourth-order valence-electron chi connectivity index (χ4n) is 5.98. The third kappa shape index (κ3) is 2.04. The Morgan fingerprint density at radius 2 is 1.80 bits per heavy atom. The van der Waals surface area contributed by atoms with Gasteiger partial charge in [0.05, 0.1) is 0 Å². The number of aromatic nitrogens is 1. The molecule has 4 aliphatic rings. The lowest BCUT2D eigenvalue weighted by atomic mass is 9.50. The van der Waals surface area contributed by atoms with Crippen molar-refractivity contribution < 1.29 is 0 Å². The third-order valence-electron chi connectivity index (χ3n) is 6.54. The molecule has 0 radical (unpaired) electrons. The predicted molar refractivity (Wildman–Crippen MR) is 82.4 cm³/mol. The lowest BCUT2D eigenvalue weighted by Crippen LogP contribution is -2.47. The molecule has 1 atom stereocenters. The largest absolute Gasteiger partial charge is 0.351 e. The van der Waals surface area contributed by atoms with E-state index in [2.05, 4.69) is 30.0 Å². The van der Waals surface area contributed by atoms with Crippen LogP contribution in [0.2, 0.25) is 0 Å². The maximum Gasteiger partial charge on any atom is 0.0336 e. The van der Waals surface area contributed by atoms with Crippen LogP contribution in [0.25, 0.3) is 0 Å². The quantitative estimate of drug-likeness (QED) is 0.891. The second-order valence-corrected chi connectivity index (χ2v) is 7.75. The average Bonchev–Trinajstić information content (AvgIpc) is 2.86. The smallest absolute Gasteiger partial charge is 0.0336 e. The maximum atomic E-state index is 5.67. The van der Waals surface area contributed by atoms with Crippen molar-refractivity contribution in [1.29, 1.82) is 0 Å². The molecule has 1 aromatic heterocycles. The third-order valence-corrected chi connectivity index (χ3v) is 6.54. The van der Waals surface area contributed by atoms with Gasteiger partial charge in [0.15, 0.2) is 0 Å². The van der Waals surface area contributed by atoms with Crippen LogP contribution in [0.3, 0.4) is 0 Å². The van der Waals surface area contributed by atoms with Gasteiger partial charge in [-0.1, -0.05) is 0 Å². The summed E-state index contributed by atoms with van der Waals surface area (Å²) in [7, 11) is 0. The van der Waals surface area contributed by atoms with Gasteiger partial charge in [0.1, 0.15) is 0 Å². The standard InChI is InChI=1S/C18H28N2/c1-12(20-5-3-13(11-20)2-4-19)18-16-7-14-6-15(9-16)10-17(18)8-14/h3,5,11-12,14-18H,2,4,6-10,19H2,1H3. The van der Waals surface area contributed by atoms with E-state index < -0.39 is 0 Å². The van der Waals surface area contributed by atoms with E-state index >= 15 is 0 Å². The highest BCUT2D eigenvalue weighted by atomic mass is 15.0. The first-order valence-corrected chi connectivity index (χ1v) is 8.61. The van der Waals surface area contributed by atoms with E-state index in [1.165, 1.54) is 31.2 Å². The predicted octanol–water partition coefficient (Wildman–Crippen LogP) is 3.62. The van der Waals surface area contributed by atoms with Gasteiger partial charge in [-0.25, -0.2) is 0 Å². The Bertz CT molecular complexity index is 448. The minimum atomic E-state index is 0.677. The van der Waals surface area contributed by atoms with Crippen LogP contribution in [0, 0.1) is 29.6 Å². The van der Waals surface area contributed by atoms with Crippen molar-refractivity contribution in [3.63, 3.8) is 0 Å². The van der Waals surface area contributed by atoms with Crippen molar-refractivity contribution in [3.05, 3.63) is 24.0 Å². The van der Waals surface area contributed by atoms with E-state index in [1.54, 1.807) is 6.42 Å². The number of hydrogen-bond acceptors (Lipinski definition) is 1. The van der Waals surface area contributed by atoms with Crippen molar-refractivity contribution in [2.75, 3.05) is 6.54 Å². The van der Waals surface area contributed by atoms with Crippen molar-refractivity contribution in [2.24, 2.45) is 35.3 Å². The van der Waals surface area contributed by atoms with Gasteiger partial charge in [-0.3, -0.25) is 0 Å².